The summed E-state index contributed by atoms with van der Waals surface area (Å²) in [6, 6.07) is 2.02. The second-order valence-corrected chi connectivity index (χ2v) is 3.93. The van der Waals surface area contributed by atoms with Crippen LogP contribution in [-0.4, -0.2) is 35.8 Å². The van der Waals surface area contributed by atoms with Crippen molar-refractivity contribution in [3.8, 4) is 0 Å². The minimum absolute atomic E-state index is 0.0283. The number of nitrogens with two attached hydrogens (primary N) is 1. The van der Waals surface area contributed by atoms with Gasteiger partial charge < -0.3 is 20.9 Å². The van der Waals surface area contributed by atoms with Crippen LogP contribution in [0.25, 0.3) is 0 Å². The number of halogens is 2. The van der Waals surface area contributed by atoms with Crippen LogP contribution in [0.15, 0.2) is 17.3 Å². The summed E-state index contributed by atoms with van der Waals surface area (Å²) in [5.41, 5.74) is 5.09. The minimum Gasteiger partial charge on any atom is -0.409 e. The molecule has 7 heteroatoms. The highest BCUT2D eigenvalue weighted by Gasteiger charge is 2.18. The van der Waals surface area contributed by atoms with Gasteiger partial charge in [-0.15, -0.1) is 0 Å². The zero-order valence-electron chi connectivity index (χ0n) is 10.6. The van der Waals surface area contributed by atoms with Crippen LogP contribution < -0.4 is 10.6 Å². The number of benzene rings is 1. The summed E-state index contributed by atoms with van der Waals surface area (Å²) in [5, 5.41) is 20.0. The maximum absolute atomic E-state index is 13.9. The van der Waals surface area contributed by atoms with Gasteiger partial charge in [-0.3, -0.25) is 0 Å². The molecule has 1 rings (SSSR count). The van der Waals surface area contributed by atoms with Crippen LogP contribution in [0.1, 0.15) is 18.9 Å². The Morgan fingerprint density at radius 3 is 2.37 bits per heavy atom. The minimum atomic E-state index is -0.790. The summed E-state index contributed by atoms with van der Waals surface area (Å²) in [6.07, 6.45) is 0.411. The van der Waals surface area contributed by atoms with Gasteiger partial charge in [0.2, 0.25) is 0 Å². The monoisotopic (exact) mass is 273 g/mol. The second kappa shape index (κ2) is 6.89. The van der Waals surface area contributed by atoms with Crippen LogP contribution in [0.3, 0.4) is 0 Å². The van der Waals surface area contributed by atoms with Crippen molar-refractivity contribution in [1.82, 2.24) is 0 Å². The predicted octanol–water partition coefficient (Wildman–Crippen LogP) is 1.27. The first-order valence-electron chi connectivity index (χ1n) is 5.87. The molecule has 19 heavy (non-hydrogen) atoms. The Labute approximate surface area is 109 Å². The molecule has 0 saturated carbocycles. The van der Waals surface area contributed by atoms with E-state index in [0.717, 1.165) is 12.1 Å². The van der Waals surface area contributed by atoms with Crippen molar-refractivity contribution in [2.24, 2.45) is 10.9 Å². The Morgan fingerprint density at radius 1 is 1.37 bits per heavy atom. The molecule has 0 fully saturated rings. The van der Waals surface area contributed by atoms with Gasteiger partial charge in [0.1, 0.15) is 17.3 Å². The van der Waals surface area contributed by atoms with E-state index in [2.05, 4.69) is 5.16 Å². The average Bonchev–Trinajstić information content (AvgIpc) is 2.40. The van der Waals surface area contributed by atoms with Crippen molar-refractivity contribution >= 4 is 11.5 Å². The van der Waals surface area contributed by atoms with Gasteiger partial charge in [0, 0.05) is 25.3 Å². The molecular weight excluding hydrogens is 256 g/mol. The number of rotatable bonds is 6. The number of hydrogen-bond donors (Lipinski definition) is 3. The summed E-state index contributed by atoms with van der Waals surface area (Å²) >= 11 is 0. The van der Waals surface area contributed by atoms with Gasteiger partial charge in [-0.2, -0.15) is 0 Å². The van der Waals surface area contributed by atoms with Crippen LogP contribution in [-0.2, 0) is 0 Å². The molecule has 0 aliphatic carbocycles. The number of nitrogens with zero attached hydrogens (tertiary/aromatic N) is 2. The molecule has 0 heterocycles. The smallest absolute Gasteiger partial charge is 0.170 e. The number of aliphatic hydroxyl groups is 1. The number of anilines is 1. The Kier molecular flexibility index (Phi) is 5.50. The third-order valence-corrected chi connectivity index (χ3v) is 2.70. The standard InChI is InChI=1S/C12H17F2N3O2/c1-2-17(4-3-5-18)11-9(13)6-8(7-10(11)14)12(15)16-19/h6-7,18-19H,2-5H2,1H3,(H2,15,16). The highest BCUT2D eigenvalue weighted by Crippen LogP contribution is 2.25. The maximum atomic E-state index is 13.9. The fourth-order valence-electron chi connectivity index (χ4n) is 1.76. The summed E-state index contributed by atoms with van der Waals surface area (Å²) in [7, 11) is 0. The molecule has 0 amide bonds. The highest BCUT2D eigenvalue weighted by molar-refractivity contribution is 5.97. The van der Waals surface area contributed by atoms with Crippen LogP contribution in [0.4, 0.5) is 14.5 Å². The van der Waals surface area contributed by atoms with Crippen molar-refractivity contribution in [3.05, 3.63) is 29.3 Å². The molecule has 1 aromatic rings. The zero-order valence-corrected chi connectivity index (χ0v) is 10.6. The van der Waals surface area contributed by atoms with Crippen molar-refractivity contribution in [1.29, 1.82) is 0 Å². The van der Waals surface area contributed by atoms with Gasteiger partial charge in [0.15, 0.2) is 5.84 Å². The third kappa shape index (κ3) is 3.54. The van der Waals surface area contributed by atoms with Crippen LogP contribution in [0.5, 0.6) is 0 Å². The average molecular weight is 273 g/mol. The van der Waals surface area contributed by atoms with Gasteiger partial charge >= 0.3 is 0 Å². The highest BCUT2D eigenvalue weighted by atomic mass is 19.1. The molecule has 1 aromatic carbocycles. The normalized spacial score (nSPS) is 11.7. The largest absolute Gasteiger partial charge is 0.409 e. The van der Waals surface area contributed by atoms with Gasteiger partial charge in [0.25, 0.3) is 0 Å². The van der Waals surface area contributed by atoms with E-state index < -0.39 is 11.6 Å². The molecule has 0 radical (unpaired) electrons. The van der Waals surface area contributed by atoms with Crippen LogP contribution in [0.2, 0.25) is 0 Å². The fourth-order valence-corrected chi connectivity index (χ4v) is 1.76. The first-order chi connectivity index (χ1) is 9.04. The SMILES string of the molecule is CCN(CCCO)c1c(F)cc(C(N)=NO)cc1F. The summed E-state index contributed by atoms with van der Waals surface area (Å²) in [5.74, 6) is -1.94. The van der Waals surface area contributed by atoms with Gasteiger partial charge in [0.05, 0.1) is 0 Å². The topological polar surface area (TPSA) is 82.1 Å². The van der Waals surface area contributed by atoms with E-state index in [-0.39, 0.29) is 23.7 Å². The Hall–Kier alpha value is -1.89. The van der Waals surface area contributed by atoms with E-state index in [1.165, 1.54) is 4.90 Å². The van der Waals surface area contributed by atoms with E-state index >= 15 is 0 Å². The zero-order chi connectivity index (χ0) is 14.4. The van der Waals surface area contributed by atoms with Crippen molar-refractivity contribution < 1.29 is 19.1 Å². The van der Waals surface area contributed by atoms with E-state index in [4.69, 9.17) is 16.0 Å². The third-order valence-electron chi connectivity index (χ3n) is 2.70. The lowest BCUT2D eigenvalue weighted by molar-refractivity contribution is 0.289. The van der Waals surface area contributed by atoms with Crippen molar-refractivity contribution in [2.45, 2.75) is 13.3 Å². The quantitative estimate of drug-likeness (QED) is 0.315. The van der Waals surface area contributed by atoms with Crippen LogP contribution >= 0.6 is 0 Å². The van der Waals surface area contributed by atoms with E-state index in [1.54, 1.807) is 6.92 Å². The molecule has 0 unspecified atom stereocenters. The molecule has 0 bridgehead atoms. The van der Waals surface area contributed by atoms with Crippen molar-refractivity contribution in [3.63, 3.8) is 0 Å². The van der Waals surface area contributed by atoms with E-state index in [9.17, 15) is 8.78 Å². The Morgan fingerprint density at radius 2 is 1.95 bits per heavy atom. The van der Waals surface area contributed by atoms with Gasteiger partial charge in [-0.25, -0.2) is 8.78 Å². The van der Waals surface area contributed by atoms with Gasteiger partial charge in [-0.1, -0.05) is 5.16 Å². The molecule has 0 aromatic heterocycles. The number of hydrogen-bond acceptors (Lipinski definition) is 4. The number of aliphatic hydroxyl groups excluding tert-OH is 1. The van der Waals surface area contributed by atoms with Gasteiger partial charge in [-0.05, 0) is 25.5 Å². The molecule has 4 N–H and O–H groups in total. The maximum Gasteiger partial charge on any atom is 0.170 e. The predicted molar refractivity (Wildman–Crippen MR) is 68.5 cm³/mol. The lowest BCUT2D eigenvalue weighted by Gasteiger charge is -2.24. The van der Waals surface area contributed by atoms with Crippen molar-refractivity contribution in [2.75, 3.05) is 24.6 Å². The Bertz CT molecular complexity index is 443. The fraction of sp³-hybridized carbons (Fsp3) is 0.417. The number of oxime groups is 1. The summed E-state index contributed by atoms with van der Waals surface area (Å²) in [6.45, 7) is 2.44. The molecule has 106 valence electrons. The van der Waals surface area contributed by atoms with E-state index in [0.29, 0.717) is 19.5 Å². The molecule has 0 aliphatic rings. The first kappa shape index (κ1) is 15.2. The second-order valence-electron chi connectivity index (χ2n) is 3.93. The summed E-state index contributed by atoms with van der Waals surface area (Å²) in [4.78, 5) is 1.48. The number of amidine groups is 1. The Balaban J connectivity index is 3.14. The summed E-state index contributed by atoms with van der Waals surface area (Å²) < 4.78 is 27.9. The first-order valence-corrected chi connectivity index (χ1v) is 5.87. The van der Waals surface area contributed by atoms with E-state index in [1.807, 2.05) is 0 Å². The lowest BCUT2D eigenvalue weighted by Crippen LogP contribution is -2.27. The molecule has 0 atom stereocenters. The lowest BCUT2D eigenvalue weighted by atomic mass is 10.1. The molecule has 5 nitrogen and oxygen atoms in total. The molecule has 0 saturated heterocycles. The van der Waals surface area contributed by atoms with Crippen LogP contribution in [0, 0.1) is 11.6 Å². The molecular formula is C12H17F2N3O2. The molecule has 0 spiro atoms. The molecule has 0 aliphatic heterocycles.